The van der Waals surface area contributed by atoms with E-state index in [-0.39, 0.29) is 16.6 Å². The van der Waals surface area contributed by atoms with Crippen LogP contribution in [-0.2, 0) is 10.0 Å². The van der Waals surface area contributed by atoms with E-state index in [0.29, 0.717) is 22.3 Å². The highest BCUT2D eigenvalue weighted by molar-refractivity contribution is 7.89. The predicted molar refractivity (Wildman–Crippen MR) is 129 cm³/mol. The number of carbonyl (C=O) groups excluding carboxylic acids is 1. The van der Waals surface area contributed by atoms with Crippen molar-refractivity contribution in [2.75, 3.05) is 19.4 Å². The van der Waals surface area contributed by atoms with Crippen LogP contribution in [0.15, 0.2) is 71.8 Å². The normalized spacial score (nSPS) is 11.9. The monoisotopic (exact) mass is 463 g/mol. The fourth-order valence-corrected chi connectivity index (χ4v) is 4.56. The van der Waals surface area contributed by atoms with Gasteiger partial charge in [0.25, 0.3) is 5.91 Å². The molecule has 4 rings (SSSR count). The van der Waals surface area contributed by atoms with Crippen molar-refractivity contribution >= 4 is 32.7 Å². The average Bonchev–Trinajstić information content (AvgIpc) is 3.23. The van der Waals surface area contributed by atoms with E-state index in [9.17, 15) is 13.2 Å². The lowest BCUT2D eigenvalue weighted by Gasteiger charge is -2.16. The Kier molecular flexibility index (Phi) is 6.01. The van der Waals surface area contributed by atoms with Gasteiger partial charge in [-0.2, -0.15) is 5.10 Å². The summed E-state index contributed by atoms with van der Waals surface area (Å²) in [5.74, 6) is -0.440. The number of pyridine rings is 1. The van der Waals surface area contributed by atoms with Crippen molar-refractivity contribution in [3.8, 4) is 11.3 Å². The standard InChI is InChI=1S/C24H25N5O3S/c1-16(2)29-23-19(15-25-29)18(14-21(26-23)17-10-6-5-7-11-17)24(30)27-20-12-8-9-13-22(20)33(31,32)28(3)4/h5-16H,1-4H3,(H,27,30). The zero-order valence-electron chi connectivity index (χ0n) is 18.9. The van der Waals surface area contributed by atoms with Gasteiger partial charge in [-0.3, -0.25) is 4.79 Å². The Morgan fingerprint density at radius 1 is 1.03 bits per heavy atom. The number of para-hydroxylation sites is 1. The molecule has 4 aromatic rings. The van der Waals surface area contributed by atoms with Crippen molar-refractivity contribution in [1.82, 2.24) is 19.1 Å². The highest BCUT2D eigenvalue weighted by atomic mass is 32.2. The maximum Gasteiger partial charge on any atom is 0.256 e. The van der Waals surface area contributed by atoms with E-state index in [1.807, 2.05) is 44.2 Å². The molecule has 1 N–H and O–H groups in total. The predicted octanol–water partition coefficient (Wildman–Crippen LogP) is 4.18. The lowest BCUT2D eigenvalue weighted by molar-refractivity contribution is 0.102. The van der Waals surface area contributed by atoms with Gasteiger partial charge in [-0.25, -0.2) is 22.4 Å². The minimum absolute atomic E-state index is 0.0230. The third-order valence-electron chi connectivity index (χ3n) is 5.26. The Balaban J connectivity index is 1.85. The van der Waals surface area contributed by atoms with Crippen molar-refractivity contribution in [2.24, 2.45) is 0 Å². The van der Waals surface area contributed by atoms with E-state index < -0.39 is 15.9 Å². The second-order valence-electron chi connectivity index (χ2n) is 8.08. The van der Waals surface area contributed by atoms with E-state index in [1.54, 1.807) is 35.1 Å². The molecule has 0 fully saturated rings. The van der Waals surface area contributed by atoms with E-state index in [1.165, 1.54) is 20.2 Å². The van der Waals surface area contributed by atoms with Crippen LogP contribution in [0.4, 0.5) is 5.69 Å². The van der Waals surface area contributed by atoms with E-state index in [4.69, 9.17) is 4.98 Å². The smallest absolute Gasteiger partial charge is 0.256 e. The van der Waals surface area contributed by atoms with Gasteiger partial charge in [0.15, 0.2) is 5.65 Å². The molecule has 33 heavy (non-hydrogen) atoms. The maximum atomic E-state index is 13.5. The van der Waals surface area contributed by atoms with Gasteiger partial charge < -0.3 is 5.32 Å². The van der Waals surface area contributed by atoms with Gasteiger partial charge in [-0.15, -0.1) is 0 Å². The number of nitrogens with zero attached hydrogens (tertiary/aromatic N) is 4. The first-order valence-corrected chi connectivity index (χ1v) is 11.9. The van der Waals surface area contributed by atoms with Crippen LogP contribution in [0.2, 0.25) is 0 Å². The Labute approximate surface area is 192 Å². The van der Waals surface area contributed by atoms with Crippen molar-refractivity contribution in [2.45, 2.75) is 24.8 Å². The molecule has 0 aliphatic heterocycles. The third-order valence-corrected chi connectivity index (χ3v) is 7.14. The van der Waals surface area contributed by atoms with Crippen LogP contribution in [0.25, 0.3) is 22.3 Å². The number of carbonyl (C=O) groups is 1. The lowest BCUT2D eigenvalue weighted by Crippen LogP contribution is -2.24. The molecule has 0 radical (unpaired) electrons. The highest BCUT2D eigenvalue weighted by Crippen LogP contribution is 2.28. The Hall–Kier alpha value is -3.56. The Morgan fingerprint density at radius 2 is 1.70 bits per heavy atom. The zero-order valence-corrected chi connectivity index (χ0v) is 19.7. The number of nitrogens with one attached hydrogen (secondary N) is 1. The van der Waals surface area contributed by atoms with Crippen molar-refractivity contribution in [3.05, 3.63) is 72.4 Å². The summed E-state index contributed by atoms with van der Waals surface area (Å²) in [6, 6.07) is 17.7. The second kappa shape index (κ2) is 8.76. The summed E-state index contributed by atoms with van der Waals surface area (Å²) in [6.45, 7) is 3.98. The number of hydrogen-bond donors (Lipinski definition) is 1. The fourth-order valence-electron chi connectivity index (χ4n) is 3.52. The average molecular weight is 464 g/mol. The summed E-state index contributed by atoms with van der Waals surface area (Å²) in [6.07, 6.45) is 1.62. The quantitative estimate of drug-likeness (QED) is 0.463. The summed E-state index contributed by atoms with van der Waals surface area (Å²) in [5.41, 5.74) is 2.65. The molecule has 2 aromatic carbocycles. The molecule has 2 heterocycles. The summed E-state index contributed by atoms with van der Waals surface area (Å²) >= 11 is 0. The summed E-state index contributed by atoms with van der Waals surface area (Å²) < 4.78 is 28.4. The summed E-state index contributed by atoms with van der Waals surface area (Å²) in [5, 5.41) is 7.81. The number of benzene rings is 2. The number of aromatic nitrogens is 3. The fraction of sp³-hybridized carbons (Fsp3) is 0.208. The number of fused-ring (bicyclic) bond motifs is 1. The van der Waals surface area contributed by atoms with Gasteiger partial charge in [-0.05, 0) is 32.0 Å². The molecule has 8 nitrogen and oxygen atoms in total. The maximum absolute atomic E-state index is 13.5. The van der Waals surface area contributed by atoms with Crippen LogP contribution >= 0.6 is 0 Å². The molecule has 0 unspecified atom stereocenters. The molecule has 0 spiro atoms. The molecule has 0 aliphatic rings. The largest absolute Gasteiger partial charge is 0.321 e. The van der Waals surface area contributed by atoms with Crippen LogP contribution in [0.1, 0.15) is 30.2 Å². The first-order chi connectivity index (χ1) is 15.7. The van der Waals surface area contributed by atoms with Gasteiger partial charge in [0.1, 0.15) is 4.90 Å². The minimum Gasteiger partial charge on any atom is -0.321 e. The minimum atomic E-state index is -3.75. The van der Waals surface area contributed by atoms with E-state index >= 15 is 0 Å². The first kappa shape index (κ1) is 22.6. The van der Waals surface area contributed by atoms with Crippen molar-refractivity contribution in [3.63, 3.8) is 0 Å². The van der Waals surface area contributed by atoms with Crippen LogP contribution in [0.3, 0.4) is 0 Å². The zero-order chi connectivity index (χ0) is 23.8. The molecular formula is C24H25N5O3S. The molecule has 170 valence electrons. The Bertz CT molecular complexity index is 1430. The number of amides is 1. The first-order valence-electron chi connectivity index (χ1n) is 10.5. The molecular weight excluding hydrogens is 438 g/mol. The molecule has 1 amide bonds. The van der Waals surface area contributed by atoms with Gasteiger partial charge >= 0.3 is 0 Å². The summed E-state index contributed by atoms with van der Waals surface area (Å²) in [4.78, 5) is 18.3. The van der Waals surface area contributed by atoms with Crippen molar-refractivity contribution in [1.29, 1.82) is 0 Å². The second-order valence-corrected chi connectivity index (χ2v) is 10.2. The summed E-state index contributed by atoms with van der Waals surface area (Å²) in [7, 11) is -0.844. The van der Waals surface area contributed by atoms with Crippen LogP contribution in [0, 0.1) is 0 Å². The Morgan fingerprint density at radius 3 is 2.36 bits per heavy atom. The van der Waals surface area contributed by atoms with Gasteiger partial charge in [0.2, 0.25) is 10.0 Å². The van der Waals surface area contributed by atoms with Gasteiger partial charge in [0, 0.05) is 25.7 Å². The van der Waals surface area contributed by atoms with Crippen molar-refractivity contribution < 1.29 is 13.2 Å². The lowest BCUT2D eigenvalue weighted by atomic mass is 10.1. The highest BCUT2D eigenvalue weighted by Gasteiger charge is 2.24. The van der Waals surface area contributed by atoms with Crippen LogP contribution < -0.4 is 5.32 Å². The molecule has 0 saturated heterocycles. The molecule has 0 saturated carbocycles. The number of sulfonamides is 1. The number of hydrogen-bond acceptors (Lipinski definition) is 5. The third kappa shape index (κ3) is 4.24. The molecule has 0 atom stereocenters. The molecule has 0 aliphatic carbocycles. The molecule has 9 heteroatoms. The molecule has 0 bridgehead atoms. The number of rotatable bonds is 6. The number of anilines is 1. The van der Waals surface area contributed by atoms with Crippen LogP contribution in [0.5, 0.6) is 0 Å². The topological polar surface area (TPSA) is 97.2 Å². The van der Waals surface area contributed by atoms with E-state index in [2.05, 4.69) is 10.4 Å². The van der Waals surface area contributed by atoms with E-state index in [0.717, 1.165) is 9.87 Å². The molecule has 2 aromatic heterocycles. The van der Waals surface area contributed by atoms with Gasteiger partial charge in [0.05, 0.1) is 28.5 Å². The SMILES string of the molecule is CC(C)n1ncc2c(C(=O)Nc3ccccc3S(=O)(=O)N(C)C)cc(-c3ccccc3)nc21. The van der Waals surface area contributed by atoms with Gasteiger partial charge in [-0.1, -0.05) is 42.5 Å². The van der Waals surface area contributed by atoms with Crippen LogP contribution in [-0.4, -0.2) is 47.5 Å².